The first-order valence-electron chi connectivity index (χ1n) is 10.3. The van der Waals surface area contributed by atoms with Crippen molar-refractivity contribution in [1.29, 1.82) is 0 Å². The zero-order valence-corrected chi connectivity index (χ0v) is 16.4. The number of rotatable bonds is 7. The van der Waals surface area contributed by atoms with Crippen LogP contribution in [-0.4, -0.2) is 6.61 Å². The van der Waals surface area contributed by atoms with Crippen molar-refractivity contribution < 1.29 is 13.5 Å². The zero-order valence-electron chi connectivity index (χ0n) is 16.4. The summed E-state index contributed by atoms with van der Waals surface area (Å²) in [6.07, 6.45) is 7.39. The third-order valence-electron chi connectivity index (χ3n) is 5.85. The standard InChI is InChI=1S/C24H30F2O/c1-3-7-17-10-12-18(13-11-17)20-8-5-6-9-21(20)19-14-23(25)22(16-27-4-2)24(26)15-19/h5-6,8-9,14-15,17-18H,3-4,7,10-13,16H2,1-2H3/t17-,18-. The molecule has 1 aliphatic rings. The Kier molecular flexibility index (Phi) is 7.01. The molecule has 0 heterocycles. The van der Waals surface area contributed by atoms with Crippen LogP contribution in [0.2, 0.25) is 0 Å². The third-order valence-corrected chi connectivity index (χ3v) is 5.85. The summed E-state index contributed by atoms with van der Waals surface area (Å²) in [5.41, 5.74) is 2.82. The molecule has 146 valence electrons. The molecule has 0 saturated heterocycles. The molecular weight excluding hydrogens is 342 g/mol. The van der Waals surface area contributed by atoms with E-state index in [1.54, 1.807) is 0 Å². The number of hydrogen-bond acceptors (Lipinski definition) is 1. The molecule has 3 heteroatoms. The van der Waals surface area contributed by atoms with Gasteiger partial charge in [0, 0.05) is 12.2 Å². The van der Waals surface area contributed by atoms with Crippen molar-refractivity contribution in [3.63, 3.8) is 0 Å². The maximum Gasteiger partial charge on any atom is 0.132 e. The first-order valence-corrected chi connectivity index (χ1v) is 10.3. The molecule has 2 aromatic rings. The maximum atomic E-state index is 14.5. The quantitative estimate of drug-likeness (QED) is 0.497. The predicted molar refractivity (Wildman–Crippen MR) is 107 cm³/mol. The van der Waals surface area contributed by atoms with E-state index in [2.05, 4.69) is 13.0 Å². The van der Waals surface area contributed by atoms with Crippen LogP contribution in [0.3, 0.4) is 0 Å². The fourth-order valence-corrected chi connectivity index (χ4v) is 4.39. The highest BCUT2D eigenvalue weighted by atomic mass is 19.1. The van der Waals surface area contributed by atoms with Crippen LogP contribution in [0, 0.1) is 17.6 Å². The summed E-state index contributed by atoms with van der Waals surface area (Å²) < 4.78 is 34.2. The Morgan fingerprint density at radius 2 is 1.63 bits per heavy atom. The van der Waals surface area contributed by atoms with Crippen molar-refractivity contribution in [2.45, 2.75) is 64.9 Å². The molecule has 0 spiro atoms. The van der Waals surface area contributed by atoms with Gasteiger partial charge in [-0.3, -0.25) is 0 Å². The summed E-state index contributed by atoms with van der Waals surface area (Å²) in [5.74, 6) is 0.259. The van der Waals surface area contributed by atoms with Gasteiger partial charge in [-0.2, -0.15) is 0 Å². The van der Waals surface area contributed by atoms with Gasteiger partial charge in [-0.25, -0.2) is 8.78 Å². The lowest BCUT2D eigenvalue weighted by Crippen LogP contribution is -2.14. The fourth-order valence-electron chi connectivity index (χ4n) is 4.39. The molecule has 0 radical (unpaired) electrons. The van der Waals surface area contributed by atoms with Gasteiger partial charge in [0.15, 0.2) is 0 Å². The van der Waals surface area contributed by atoms with Crippen LogP contribution in [0.25, 0.3) is 11.1 Å². The van der Waals surface area contributed by atoms with Crippen LogP contribution in [0.5, 0.6) is 0 Å². The van der Waals surface area contributed by atoms with Gasteiger partial charge in [0.25, 0.3) is 0 Å². The Bertz CT molecular complexity index is 725. The van der Waals surface area contributed by atoms with Crippen LogP contribution in [0.1, 0.15) is 69.4 Å². The van der Waals surface area contributed by atoms with Crippen molar-refractivity contribution >= 4 is 0 Å². The average molecular weight is 372 g/mol. The normalized spacial score (nSPS) is 20.0. The molecule has 27 heavy (non-hydrogen) atoms. The topological polar surface area (TPSA) is 9.23 Å². The smallest absolute Gasteiger partial charge is 0.132 e. The Labute approximate surface area is 161 Å². The lowest BCUT2D eigenvalue weighted by molar-refractivity contribution is 0.128. The first kappa shape index (κ1) is 20.0. The van der Waals surface area contributed by atoms with E-state index < -0.39 is 11.6 Å². The summed E-state index contributed by atoms with van der Waals surface area (Å²) in [5, 5.41) is 0. The molecule has 0 atom stereocenters. The molecule has 1 saturated carbocycles. The highest BCUT2D eigenvalue weighted by Gasteiger charge is 2.24. The number of halogens is 2. The van der Waals surface area contributed by atoms with Gasteiger partial charge < -0.3 is 4.74 Å². The largest absolute Gasteiger partial charge is 0.377 e. The summed E-state index contributed by atoms with van der Waals surface area (Å²) >= 11 is 0. The second-order valence-corrected chi connectivity index (χ2v) is 7.65. The minimum atomic E-state index is -0.528. The Morgan fingerprint density at radius 3 is 2.26 bits per heavy atom. The van der Waals surface area contributed by atoms with E-state index in [1.807, 2.05) is 25.1 Å². The molecule has 0 aliphatic heterocycles. The molecule has 2 aromatic carbocycles. The van der Waals surface area contributed by atoms with Crippen LogP contribution in [0.4, 0.5) is 8.78 Å². The van der Waals surface area contributed by atoms with Crippen molar-refractivity contribution in [3.8, 4) is 11.1 Å². The van der Waals surface area contributed by atoms with Crippen molar-refractivity contribution in [2.75, 3.05) is 6.61 Å². The van der Waals surface area contributed by atoms with E-state index in [0.717, 1.165) is 24.3 Å². The molecule has 1 fully saturated rings. The van der Waals surface area contributed by atoms with Crippen LogP contribution < -0.4 is 0 Å². The molecule has 0 amide bonds. The van der Waals surface area contributed by atoms with E-state index in [1.165, 1.54) is 43.4 Å². The van der Waals surface area contributed by atoms with E-state index in [0.29, 0.717) is 18.1 Å². The second kappa shape index (κ2) is 9.45. The molecule has 1 aliphatic carbocycles. The van der Waals surface area contributed by atoms with Gasteiger partial charge in [-0.05, 0) is 73.3 Å². The van der Waals surface area contributed by atoms with E-state index >= 15 is 0 Å². The van der Waals surface area contributed by atoms with E-state index in [4.69, 9.17) is 4.74 Å². The predicted octanol–water partition coefficient (Wildman–Crippen LogP) is 7.24. The average Bonchev–Trinajstić information content (AvgIpc) is 2.68. The van der Waals surface area contributed by atoms with Crippen LogP contribution >= 0.6 is 0 Å². The van der Waals surface area contributed by atoms with E-state index in [-0.39, 0.29) is 12.2 Å². The van der Waals surface area contributed by atoms with Crippen LogP contribution in [-0.2, 0) is 11.3 Å². The molecule has 0 N–H and O–H groups in total. The van der Waals surface area contributed by atoms with Gasteiger partial charge in [-0.1, -0.05) is 44.0 Å². The highest BCUT2D eigenvalue weighted by Crippen LogP contribution is 2.41. The lowest BCUT2D eigenvalue weighted by Gasteiger charge is -2.30. The Morgan fingerprint density at radius 1 is 0.963 bits per heavy atom. The van der Waals surface area contributed by atoms with Gasteiger partial charge in [0.2, 0.25) is 0 Å². The van der Waals surface area contributed by atoms with Crippen molar-refractivity contribution in [1.82, 2.24) is 0 Å². The molecule has 0 unspecified atom stereocenters. The maximum absolute atomic E-state index is 14.5. The highest BCUT2D eigenvalue weighted by molar-refractivity contribution is 5.68. The van der Waals surface area contributed by atoms with Gasteiger partial charge in [-0.15, -0.1) is 0 Å². The number of hydrogen-bond donors (Lipinski definition) is 0. The monoisotopic (exact) mass is 372 g/mol. The summed E-state index contributed by atoms with van der Waals surface area (Å²) in [6, 6.07) is 11.0. The minimum Gasteiger partial charge on any atom is -0.377 e. The Balaban J connectivity index is 1.86. The second-order valence-electron chi connectivity index (χ2n) is 7.65. The van der Waals surface area contributed by atoms with Gasteiger partial charge in [0.1, 0.15) is 11.6 Å². The summed E-state index contributed by atoms with van der Waals surface area (Å²) in [4.78, 5) is 0. The van der Waals surface area contributed by atoms with Crippen LogP contribution in [0.15, 0.2) is 36.4 Å². The lowest BCUT2D eigenvalue weighted by atomic mass is 9.75. The van der Waals surface area contributed by atoms with Gasteiger partial charge >= 0.3 is 0 Å². The van der Waals surface area contributed by atoms with E-state index in [9.17, 15) is 8.78 Å². The van der Waals surface area contributed by atoms with Crippen molar-refractivity contribution in [2.24, 2.45) is 5.92 Å². The number of ether oxygens (including phenoxy) is 1. The summed E-state index contributed by atoms with van der Waals surface area (Å²) in [7, 11) is 0. The molecule has 3 rings (SSSR count). The van der Waals surface area contributed by atoms with Gasteiger partial charge in [0.05, 0.1) is 6.61 Å². The molecule has 1 nitrogen and oxygen atoms in total. The van der Waals surface area contributed by atoms with Crippen molar-refractivity contribution in [3.05, 3.63) is 59.2 Å². The molecule has 0 bridgehead atoms. The first-order chi connectivity index (χ1) is 13.1. The SMILES string of the molecule is CCC[C@H]1CC[C@H](c2ccccc2-c2cc(F)c(COCC)c(F)c2)CC1. The third kappa shape index (κ3) is 4.76. The Hall–Kier alpha value is -1.74. The summed E-state index contributed by atoms with van der Waals surface area (Å²) in [6.45, 7) is 4.47. The minimum absolute atomic E-state index is 0.0122. The zero-order chi connectivity index (χ0) is 19.2. The molecular formula is C24H30F2O. The number of benzene rings is 2. The molecule has 0 aromatic heterocycles. The fraction of sp³-hybridized carbons (Fsp3) is 0.500.